The minimum atomic E-state index is -1.10. The first kappa shape index (κ1) is 20.8. The number of carboxylic acids is 1. The molecular formula is C23H24N2O6. The quantitative estimate of drug-likeness (QED) is 0.371. The van der Waals surface area contributed by atoms with Gasteiger partial charge >= 0.3 is 5.97 Å². The van der Waals surface area contributed by atoms with Crippen molar-refractivity contribution in [3.8, 4) is 11.5 Å². The van der Waals surface area contributed by atoms with Crippen molar-refractivity contribution < 1.29 is 29.0 Å². The third kappa shape index (κ3) is 3.73. The standard InChI is InChI=1S/C23H24N2O6/c1-3-5-16-8-13(9-17(30-4-2)21(16)31-12-18(26)27)11-24-25-22(28)19-14-6-7-15(10-14)20(19)23(25)29/h3,6-9,11,14-15,19-20H,1,4-5,10,12H2,2H3,(H,26,27)/t14-,15-,19-,20+/m0/s1. The van der Waals surface area contributed by atoms with Gasteiger partial charge in [-0.05, 0) is 49.3 Å². The zero-order valence-electron chi connectivity index (χ0n) is 17.2. The monoisotopic (exact) mass is 424 g/mol. The highest BCUT2D eigenvalue weighted by molar-refractivity contribution is 6.06. The van der Waals surface area contributed by atoms with Gasteiger partial charge in [-0.1, -0.05) is 18.2 Å². The molecule has 0 unspecified atom stereocenters. The van der Waals surface area contributed by atoms with Crippen LogP contribution in [0.3, 0.4) is 0 Å². The highest BCUT2D eigenvalue weighted by Crippen LogP contribution is 2.52. The minimum Gasteiger partial charge on any atom is -0.490 e. The zero-order chi connectivity index (χ0) is 22.1. The van der Waals surface area contributed by atoms with Crippen LogP contribution in [0.2, 0.25) is 0 Å². The fourth-order valence-electron chi connectivity index (χ4n) is 4.75. The molecule has 2 fully saturated rings. The number of ether oxygens (including phenoxy) is 2. The second-order valence-electron chi connectivity index (χ2n) is 7.85. The Hall–Kier alpha value is -3.42. The van der Waals surface area contributed by atoms with Crippen LogP contribution >= 0.6 is 0 Å². The van der Waals surface area contributed by atoms with E-state index in [1.807, 2.05) is 12.2 Å². The maximum atomic E-state index is 12.8. The van der Waals surface area contributed by atoms with Gasteiger partial charge in [-0.2, -0.15) is 10.1 Å². The topological polar surface area (TPSA) is 106 Å². The van der Waals surface area contributed by atoms with Gasteiger partial charge in [0.1, 0.15) is 0 Å². The number of benzene rings is 1. The van der Waals surface area contributed by atoms with Gasteiger partial charge in [0.25, 0.3) is 11.8 Å². The van der Waals surface area contributed by atoms with Crippen LogP contribution in [0.25, 0.3) is 0 Å². The van der Waals surface area contributed by atoms with Crippen molar-refractivity contribution in [3.63, 3.8) is 0 Å². The number of carbonyl (C=O) groups excluding carboxylic acids is 2. The summed E-state index contributed by atoms with van der Waals surface area (Å²) in [6.45, 7) is 5.37. The predicted octanol–water partition coefficient (Wildman–Crippen LogP) is 2.42. The first-order valence-corrected chi connectivity index (χ1v) is 10.3. The Morgan fingerprint density at radius 1 is 1.23 bits per heavy atom. The van der Waals surface area contributed by atoms with Gasteiger partial charge < -0.3 is 14.6 Å². The summed E-state index contributed by atoms with van der Waals surface area (Å²) in [5.41, 5.74) is 1.27. The molecule has 1 N–H and O–H groups in total. The van der Waals surface area contributed by atoms with Crippen molar-refractivity contribution in [1.29, 1.82) is 0 Å². The molecule has 8 heteroatoms. The predicted molar refractivity (Wildman–Crippen MR) is 112 cm³/mol. The number of amides is 2. The Morgan fingerprint density at radius 2 is 1.90 bits per heavy atom. The molecule has 4 atom stereocenters. The van der Waals surface area contributed by atoms with Crippen LogP contribution < -0.4 is 9.47 Å². The third-order valence-electron chi connectivity index (χ3n) is 5.93. The summed E-state index contributed by atoms with van der Waals surface area (Å²) in [4.78, 5) is 36.5. The second kappa shape index (κ2) is 8.37. The fourth-order valence-corrected chi connectivity index (χ4v) is 4.75. The molecule has 0 aromatic heterocycles. The van der Waals surface area contributed by atoms with Gasteiger partial charge in [0.05, 0.1) is 24.7 Å². The van der Waals surface area contributed by atoms with Crippen molar-refractivity contribution in [1.82, 2.24) is 5.01 Å². The van der Waals surface area contributed by atoms with E-state index in [9.17, 15) is 14.4 Å². The van der Waals surface area contributed by atoms with Crippen molar-refractivity contribution >= 4 is 24.0 Å². The molecule has 1 aromatic carbocycles. The highest BCUT2D eigenvalue weighted by atomic mass is 16.5. The number of carbonyl (C=O) groups is 3. The van der Waals surface area contributed by atoms with Crippen LogP contribution in [-0.4, -0.2) is 47.3 Å². The molecular weight excluding hydrogens is 400 g/mol. The molecule has 2 amide bonds. The first-order valence-electron chi connectivity index (χ1n) is 10.3. The SMILES string of the molecule is C=CCc1cc(C=NN2C(=O)[C@@H]3[C@H](C2=O)[C@H]2C=C[C@H]3C2)cc(OCC)c1OCC(=O)O. The van der Waals surface area contributed by atoms with Gasteiger partial charge in [-0.25, -0.2) is 4.79 Å². The van der Waals surface area contributed by atoms with E-state index in [4.69, 9.17) is 14.6 Å². The van der Waals surface area contributed by atoms with E-state index in [0.29, 0.717) is 35.7 Å². The third-order valence-corrected chi connectivity index (χ3v) is 5.93. The molecule has 1 aromatic rings. The Bertz CT molecular complexity index is 968. The van der Waals surface area contributed by atoms with Crippen LogP contribution in [0.1, 0.15) is 24.5 Å². The van der Waals surface area contributed by atoms with E-state index < -0.39 is 12.6 Å². The number of imide groups is 1. The average molecular weight is 424 g/mol. The van der Waals surface area contributed by atoms with Crippen LogP contribution in [0, 0.1) is 23.7 Å². The van der Waals surface area contributed by atoms with E-state index >= 15 is 0 Å². The number of rotatable bonds is 9. The number of nitrogens with zero attached hydrogens (tertiary/aromatic N) is 2. The zero-order valence-corrected chi connectivity index (χ0v) is 17.2. The van der Waals surface area contributed by atoms with Gasteiger partial charge in [-0.3, -0.25) is 9.59 Å². The van der Waals surface area contributed by atoms with E-state index in [-0.39, 0.29) is 35.5 Å². The summed E-state index contributed by atoms with van der Waals surface area (Å²) in [7, 11) is 0. The average Bonchev–Trinajstić information content (AvgIpc) is 3.40. The number of hydrogen-bond donors (Lipinski definition) is 1. The van der Waals surface area contributed by atoms with Crippen LogP contribution in [-0.2, 0) is 20.8 Å². The number of aliphatic carboxylic acids is 1. The Morgan fingerprint density at radius 3 is 2.48 bits per heavy atom. The molecule has 162 valence electrons. The minimum absolute atomic E-state index is 0.126. The van der Waals surface area contributed by atoms with E-state index in [0.717, 1.165) is 11.4 Å². The van der Waals surface area contributed by atoms with Crippen LogP contribution in [0.15, 0.2) is 42.0 Å². The van der Waals surface area contributed by atoms with Gasteiger partial charge in [-0.15, -0.1) is 6.58 Å². The summed E-state index contributed by atoms with van der Waals surface area (Å²) in [6, 6.07) is 3.40. The van der Waals surface area contributed by atoms with Crippen molar-refractivity contribution in [3.05, 3.63) is 48.1 Å². The number of allylic oxidation sites excluding steroid dienone is 3. The Balaban J connectivity index is 1.61. The molecule has 2 bridgehead atoms. The molecule has 1 heterocycles. The molecule has 1 saturated carbocycles. The number of fused-ring (bicyclic) bond motifs is 5. The largest absolute Gasteiger partial charge is 0.490 e. The molecule has 0 spiro atoms. The first-order chi connectivity index (χ1) is 14.9. The molecule has 1 saturated heterocycles. The second-order valence-corrected chi connectivity index (χ2v) is 7.85. The van der Waals surface area contributed by atoms with E-state index in [2.05, 4.69) is 11.7 Å². The maximum absolute atomic E-state index is 12.8. The molecule has 8 nitrogen and oxygen atoms in total. The lowest BCUT2D eigenvalue weighted by atomic mass is 9.85. The molecule has 2 aliphatic carbocycles. The lowest BCUT2D eigenvalue weighted by Crippen LogP contribution is -2.28. The lowest BCUT2D eigenvalue weighted by Gasteiger charge is -2.16. The molecule has 1 aliphatic heterocycles. The number of hydrazone groups is 1. The summed E-state index contributed by atoms with van der Waals surface area (Å²) in [6.07, 6.45) is 8.47. The number of hydrogen-bond acceptors (Lipinski definition) is 6. The normalized spacial score (nSPS) is 26.0. The van der Waals surface area contributed by atoms with Crippen molar-refractivity contribution in [2.75, 3.05) is 13.2 Å². The van der Waals surface area contributed by atoms with Gasteiger partial charge in [0, 0.05) is 5.56 Å². The number of carboxylic acid groups (broad SMARTS) is 1. The maximum Gasteiger partial charge on any atom is 0.341 e. The van der Waals surface area contributed by atoms with Crippen LogP contribution in [0.4, 0.5) is 0 Å². The molecule has 3 aliphatic rings. The summed E-state index contributed by atoms with van der Waals surface area (Å²) in [5, 5.41) is 14.2. The summed E-state index contributed by atoms with van der Waals surface area (Å²) < 4.78 is 11.1. The summed E-state index contributed by atoms with van der Waals surface area (Å²) in [5.74, 6) is -1.26. The summed E-state index contributed by atoms with van der Waals surface area (Å²) >= 11 is 0. The molecule has 4 rings (SSSR count). The molecule has 0 radical (unpaired) electrons. The fraction of sp³-hybridized carbons (Fsp3) is 0.391. The Labute approximate surface area is 179 Å². The highest BCUT2D eigenvalue weighted by Gasteiger charge is 2.59. The van der Waals surface area contributed by atoms with Crippen molar-refractivity contribution in [2.45, 2.75) is 19.8 Å². The van der Waals surface area contributed by atoms with E-state index in [1.165, 1.54) is 6.21 Å². The molecule has 31 heavy (non-hydrogen) atoms. The van der Waals surface area contributed by atoms with Gasteiger partial charge in [0.2, 0.25) is 0 Å². The van der Waals surface area contributed by atoms with E-state index in [1.54, 1.807) is 25.1 Å². The van der Waals surface area contributed by atoms with Gasteiger partial charge in [0.15, 0.2) is 18.1 Å². The van der Waals surface area contributed by atoms with Crippen LogP contribution in [0.5, 0.6) is 11.5 Å². The van der Waals surface area contributed by atoms with Crippen molar-refractivity contribution in [2.24, 2.45) is 28.8 Å². The lowest BCUT2D eigenvalue weighted by molar-refractivity contribution is -0.141. The smallest absolute Gasteiger partial charge is 0.341 e. The Kier molecular flexibility index (Phi) is 5.63.